The number of ether oxygens (including phenoxy) is 1. The predicted molar refractivity (Wildman–Crippen MR) is 74.4 cm³/mol. The maximum atomic E-state index is 13.2. The molecule has 98 valence electrons. The Bertz CT molecular complexity index is 630. The molecule has 0 radical (unpaired) electrons. The van der Waals surface area contributed by atoms with Crippen molar-refractivity contribution in [3.05, 3.63) is 58.4 Å². The first-order chi connectivity index (χ1) is 9.15. The fraction of sp³-hybridized carbons (Fsp3) is 0.200. The van der Waals surface area contributed by atoms with Crippen molar-refractivity contribution in [2.45, 2.75) is 13.0 Å². The van der Waals surface area contributed by atoms with Gasteiger partial charge in [0, 0.05) is 0 Å². The summed E-state index contributed by atoms with van der Waals surface area (Å²) < 4.78 is 19.1. The molecule has 1 aliphatic rings. The van der Waals surface area contributed by atoms with Crippen LogP contribution >= 0.6 is 11.6 Å². The number of aryl methyl sites for hydroxylation is 1. The molecule has 1 unspecified atom stereocenters. The number of benzene rings is 2. The van der Waals surface area contributed by atoms with Crippen molar-refractivity contribution in [3.63, 3.8) is 0 Å². The van der Waals surface area contributed by atoms with Gasteiger partial charge < -0.3 is 10.1 Å². The highest BCUT2D eigenvalue weighted by Crippen LogP contribution is 2.36. The summed E-state index contributed by atoms with van der Waals surface area (Å²) in [6.07, 6.45) is -0.160. The Hall–Kier alpha value is -1.74. The van der Waals surface area contributed by atoms with Crippen LogP contribution in [0.3, 0.4) is 0 Å². The molecule has 2 aromatic carbocycles. The smallest absolute Gasteiger partial charge is 0.143 e. The summed E-state index contributed by atoms with van der Waals surface area (Å²) in [6, 6.07) is 10.6. The zero-order valence-corrected chi connectivity index (χ0v) is 11.2. The van der Waals surface area contributed by atoms with Crippen LogP contribution in [0.4, 0.5) is 10.1 Å². The molecule has 0 aliphatic carbocycles. The van der Waals surface area contributed by atoms with Gasteiger partial charge in [0.2, 0.25) is 0 Å². The molecule has 0 saturated carbocycles. The number of anilines is 1. The zero-order chi connectivity index (χ0) is 13.4. The lowest BCUT2D eigenvalue weighted by atomic mass is 10.1. The van der Waals surface area contributed by atoms with Gasteiger partial charge >= 0.3 is 0 Å². The third-order valence-corrected chi connectivity index (χ3v) is 3.57. The van der Waals surface area contributed by atoms with Gasteiger partial charge in [-0.15, -0.1) is 0 Å². The topological polar surface area (TPSA) is 21.3 Å². The fourth-order valence-corrected chi connectivity index (χ4v) is 2.44. The fourth-order valence-electron chi connectivity index (χ4n) is 2.25. The Labute approximate surface area is 116 Å². The van der Waals surface area contributed by atoms with Crippen LogP contribution in [0.25, 0.3) is 0 Å². The van der Waals surface area contributed by atoms with Gasteiger partial charge in [0.25, 0.3) is 0 Å². The minimum absolute atomic E-state index is 0.121. The van der Waals surface area contributed by atoms with E-state index >= 15 is 0 Å². The lowest BCUT2D eigenvalue weighted by molar-refractivity contribution is 0.210. The first-order valence-electron chi connectivity index (χ1n) is 6.10. The van der Waals surface area contributed by atoms with Gasteiger partial charge in [0.15, 0.2) is 0 Å². The number of rotatable bonds is 1. The predicted octanol–water partition coefficient (Wildman–Crippen LogP) is 4.33. The van der Waals surface area contributed by atoms with Crippen molar-refractivity contribution in [1.29, 1.82) is 0 Å². The Kier molecular flexibility index (Phi) is 3.07. The summed E-state index contributed by atoms with van der Waals surface area (Å²) in [4.78, 5) is 0. The SMILES string of the molecule is Cc1cccc2c1NCC(c1ccc(F)c(Cl)c1)O2. The minimum Gasteiger partial charge on any atom is -0.482 e. The maximum Gasteiger partial charge on any atom is 0.143 e. The van der Waals surface area contributed by atoms with Gasteiger partial charge in [-0.2, -0.15) is 0 Å². The average Bonchev–Trinajstić information content (AvgIpc) is 2.42. The summed E-state index contributed by atoms with van der Waals surface area (Å²) in [7, 11) is 0. The van der Waals surface area contributed by atoms with E-state index in [-0.39, 0.29) is 11.1 Å². The lowest BCUT2D eigenvalue weighted by Gasteiger charge is -2.28. The normalized spacial score (nSPS) is 17.3. The molecule has 1 heterocycles. The molecule has 2 aromatic rings. The molecule has 0 aromatic heterocycles. The molecule has 0 bridgehead atoms. The average molecular weight is 278 g/mol. The Morgan fingerprint density at radius 2 is 2.16 bits per heavy atom. The molecule has 1 aliphatic heterocycles. The third kappa shape index (κ3) is 2.26. The molecule has 3 rings (SSSR count). The van der Waals surface area contributed by atoms with Crippen LogP contribution in [0.2, 0.25) is 5.02 Å². The molecule has 1 atom stereocenters. The van der Waals surface area contributed by atoms with Crippen molar-refractivity contribution in [1.82, 2.24) is 0 Å². The Balaban J connectivity index is 1.91. The molecule has 2 nitrogen and oxygen atoms in total. The number of fused-ring (bicyclic) bond motifs is 1. The number of nitrogens with one attached hydrogen (secondary N) is 1. The van der Waals surface area contributed by atoms with E-state index in [9.17, 15) is 4.39 Å². The first-order valence-corrected chi connectivity index (χ1v) is 6.48. The monoisotopic (exact) mass is 277 g/mol. The van der Waals surface area contributed by atoms with Gasteiger partial charge in [0.05, 0.1) is 17.3 Å². The first kappa shape index (κ1) is 12.3. The van der Waals surface area contributed by atoms with E-state index in [1.54, 1.807) is 12.1 Å². The van der Waals surface area contributed by atoms with Crippen molar-refractivity contribution < 1.29 is 9.13 Å². The quantitative estimate of drug-likeness (QED) is 0.837. The molecule has 0 amide bonds. The summed E-state index contributed by atoms with van der Waals surface area (Å²) in [5.74, 6) is 0.405. The van der Waals surface area contributed by atoms with Gasteiger partial charge in [-0.1, -0.05) is 29.8 Å². The van der Waals surface area contributed by atoms with Crippen LogP contribution in [-0.4, -0.2) is 6.54 Å². The van der Waals surface area contributed by atoms with Gasteiger partial charge in [-0.3, -0.25) is 0 Å². The number of para-hydroxylation sites is 1. The zero-order valence-electron chi connectivity index (χ0n) is 10.4. The van der Waals surface area contributed by atoms with E-state index < -0.39 is 5.82 Å². The maximum absolute atomic E-state index is 13.2. The highest BCUT2D eigenvalue weighted by Gasteiger charge is 2.22. The van der Waals surface area contributed by atoms with E-state index in [1.165, 1.54) is 6.07 Å². The second-order valence-corrected chi connectivity index (χ2v) is 5.02. The van der Waals surface area contributed by atoms with E-state index in [2.05, 4.69) is 5.32 Å². The van der Waals surface area contributed by atoms with Crippen LogP contribution in [0.1, 0.15) is 17.2 Å². The van der Waals surface area contributed by atoms with Crippen LogP contribution in [0.5, 0.6) is 5.75 Å². The molecular formula is C15H13ClFNO. The molecule has 1 N–H and O–H groups in total. The summed E-state index contributed by atoms with van der Waals surface area (Å²) in [5.41, 5.74) is 3.03. The van der Waals surface area contributed by atoms with E-state index in [0.29, 0.717) is 6.54 Å². The van der Waals surface area contributed by atoms with Crippen molar-refractivity contribution in [2.24, 2.45) is 0 Å². The standard InChI is InChI=1S/C15H13ClFNO/c1-9-3-2-4-13-15(9)18-8-14(19-13)10-5-6-12(17)11(16)7-10/h2-7,14,18H,8H2,1H3. The summed E-state index contributed by atoms with van der Waals surface area (Å²) in [5, 5.41) is 3.47. The lowest BCUT2D eigenvalue weighted by Crippen LogP contribution is -2.24. The van der Waals surface area contributed by atoms with Crippen LogP contribution in [0, 0.1) is 12.7 Å². The molecular weight excluding hydrogens is 265 g/mol. The number of hydrogen-bond acceptors (Lipinski definition) is 2. The van der Waals surface area contributed by atoms with Crippen molar-refractivity contribution >= 4 is 17.3 Å². The molecule has 0 fully saturated rings. The Morgan fingerprint density at radius 3 is 2.95 bits per heavy atom. The largest absolute Gasteiger partial charge is 0.482 e. The van der Waals surface area contributed by atoms with E-state index in [0.717, 1.165) is 22.6 Å². The summed E-state index contributed by atoms with van der Waals surface area (Å²) >= 11 is 5.81. The van der Waals surface area contributed by atoms with Crippen molar-refractivity contribution in [3.8, 4) is 5.75 Å². The van der Waals surface area contributed by atoms with Gasteiger partial charge in [-0.05, 0) is 36.2 Å². The second-order valence-electron chi connectivity index (χ2n) is 4.61. The highest BCUT2D eigenvalue weighted by molar-refractivity contribution is 6.30. The van der Waals surface area contributed by atoms with Gasteiger partial charge in [0.1, 0.15) is 17.7 Å². The molecule has 0 saturated heterocycles. The van der Waals surface area contributed by atoms with Crippen molar-refractivity contribution in [2.75, 3.05) is 11.9 Å². The second kappa shape index (κ2) is 4.74. The van der Waals surface area contributed by atoms with Crippen LogP contribution in [0.15, 0.2) is 36.4 Å². The molecule has 0 spiro atoms. The Morgan fingerprint density at radius 1 is 1.32 bits per heavy atom. The summed E-state index contributed by atoms with van der Waals surface area (Å²) in [6.45, 7) is 2.67. The third-order valence-electron chi connectivity index (χ3n) is 3.28. The van der Waals surface area contributed by atoms with E-state index in [1.807, 2.05) is 25.1 Å². The molecule has 19 heavy (non-hydrogen) atoms. The number of hydrogen-bond donors (Lipinski definition) is 1. The number of halogens is 2. The highest BCUT2D eigenvalue weighted by atomic mass is 35.5. The van der Waals surface area contributed by atoms with Gasteiger partial charge in [-0.25, -0.2) is 4.39 Å². The molecule has 4 heteroatoms. The minimum atomic E-state index is -0.412. The van der Waals surface area contributed by atoms with Crippen LogP contribution < -0.4 is 10.1 Å². The van der Waals surface area contributed by atoms with E-state index in [4.69, 9.17) is 16.3 Å². The van der Waals surface area contributed by atoms with Crippen LogP contribution in [-0.2, 0) is 0 Å².